The van der Waals surface area contributed by atoms with E-state index in [0.717, 1.165) is 11.3 Å². The quantitative estimate of drug-likeness (QED) is 0.715. The van der Waals surface area contributed by atoms with E-state index >= 15 is 0 Å². The number of ether oxygens (including phenoxy) is 1. The summed E-state index contributed by atoms with van der Waals surface area (Å²) in [5.41, 5.74) is 2.07. The number of carbonyl (C=O) groups excluding carboxylic acids is 1. The van der Waals surface area contributed by atoms with Gasteiger partial charge in [0, 0.05) is 29.2 Å². The molecule has 0 radical (unpaired) electrons. The van der Waals surface area contributed by atoms with Crippen LogP contribution in [0.25, 0.3) is 0 Å². The molecule has 0 aliphatic carbocycles. The molecule has 5 nitrogen and oxygen atoms in total. The van der Waals surface area contributed by atoms with Gasteiger partial charge in [-0.25, -0.2) is 0 Å². The van der Waals surface area contributed by atoms with Crippen LogP contribution in [0.2, 0.25) is 10.0 Å². The van der Waals surface area contributed by atoms with Gasteiger partial charge in [0.05, 0.1) is 11.6 Å². The second-order valence-electron chi connectivity index (χ2n) is 5.75. The van der Waals surface area contributed by atoms with Gasteiger partial charge >= 0.3 is 0 Å². The summed E-state index contributed by atoms with van der Waals surface area (Å²) in [4.78, 5) is 26.5. The van der Waals surface area contributed by atoms with Crippen molar-refractivity contribution in [1.82, 2.24) is 10.3 Å². The summed E-state index contributed by atoms with van der Waals surface area (Å²) in [5.74, 6) is 0.401. The third-order valence-corrected chi connectivity index (χ3v) is 4.19. The van der Waals surface area contributed by atoms with Crippen LogP contribution in [0.3, 0.4) is 0 Å². The van der Waals surface area contributed by atoms with Crippen molar-refractivity contribution in [3.8, 4) is 5.75 Å². The van der Waals surface area contributed by atoms with E-state index in [-0.39, 0.29) is 18.0 Å². The molecule has 0 aliphatic heterocycles. The average molecular weight is 383 g/mol. The Balaban J connectivity index is 1.75. The lowest BCUT2D eigenvalue weighted by molar-refractivity contribution is -0.121. The largest absolute Gasteiger partial charge is 0.492 e. The standard InChI is InChI=1S/C18H20Cl2N2O3/c1-11-8-12(2)22-18(24)14(11)10-21-17(23)4-3-7-25-16-6-5-13(19)9-15(16)20/h5-6,8-9H,3-4,7,10H2,1-2H3,(H,21,23)(H,22,24). The molecule has 1 amide bonds. The number of hydrogen-bond acceptors (Lipinski definition) is 3. The minimum absolute atomic E-state index is 0.134. The third kappa shape index (κ3) is 5.80. The van der Waals surface area contributed by atoms with Crippen molar-refractivity contribution in [2.45, 2.75) is 33.2 Å². The van der Waals surface area contributed by atoms with E-state index in [0.29, 0.717) is 40.8 Å². The maximum absolute atomic E-state index is 11.9. The Kier molecular flexibility index (Phi) is 6.91. The lowest BCUT2D eigenvalue weighted by atomic mass is 10.1. The second kappa shape index (κ2) is 8.92. The molecule has 0 aliphatic rings. The molecule has 134 valence electrons. The summed E-state index contributed by atoms with van der Waals surface area (Å²) in [6.45, 7) is 4.25. The van der Waals surface area contributed by atoms with Crippen molar-refractivity contribution in [3.05, 3.63) is 61.5 Å². The zero-order chi connectivity index (χ0) is 18.4. The lowest BCUT2D eigenvalue weighted by Gasteiger charge is -2.09. The molecule has 25 heavy (non-hydrogen) atoms. The minimum Gasteiger partial charge on any atom is -0.492 e. The summed E-state index contributed by atoms with van der Waals surface area (Å²) in [6, 6.07) is 6.87. The number of aromatic amines is 1. The zero-order valence-corrected chi connectivity index (χ0v) is 15.6. The van der Waals surface area contributed by atoms with Crippen LogP contribution in [0, 0.1) is 13.8 Å². The van der Waals surface area contributed by atoms with Gasteiger partial charge in [-0.15, -0.1) is 0 Å². The van der Waals surface area contributed by atoms with Gasteiger partial charge in [-0.05, 0) is 50.1 Å². The second-order valence-corrected chi connectivity index (χ2v) is 6.59. The van der Waals surface area contributed by atoms with Crippen molar-refractivity contribution in [2.24, 2.45) is 0 Å². The van der Waals surface area contributed by atoms with E-state index in [1.165, 1.54) is 0 Å². The first-order valence-corrected chi connectivity index (χ1v) is 8.66. The molecule has 0 unspecified atom stereocenters. The van der Waals surface area contributed by atoms with Crippen molar-refractivity contribution in [2.75, 3.05) is 6.61 Å². The molecule has 0 saturated heterocycles. The van der Waals surface area contributed by atoms with Gasteiger partial charge in [-0.3, -0.25) is 9.59 Å². The number of H-pyrrole nitrogens is 1. The van der Waals surface area contributed by atoms with Gasteiger partial charge < -0.3 is 15.0 Å². The number of amides is 1. The van der Waals surface area contributed by atoms with Crippen molar-refractivity contribution in [1.29, 1.82) is 0 Å². The Morgan fingerprint density at radius 1 is 1.24 bits per heavy atom. The molecule has 0 fully saturated rings. The highest BCUT2D eigenvalue weighted by molar-refractivity contribution is 6.35. The van der Waals surface area contributed by atoms with Crippen LogP contribution in [0.5, 0.6) is 5.75 Å². The van der Waals surface area contributed by atoms with Gasteiger partial charge in [-0.1, -0.05) is 23.2 Å². The minimum atomic E-state index is -0.168. The van der Waals surface area contributed by atoms with Crippen LogP contribution < -0.4 is 15.6 Å². The Morgan fingerprint density at radius 3 is 2.68 bits per heavy atom. The fraction of sp³-hybridized carbons (Fsp3) is 0.333. The first-order valence-electron chi connectivity index (χ1n) is 7.91. The first kappa shape index (κ1) is 19.3. The number of halogens is 2. The summed E-state index contributed by atoms with van der Waals surface area (Å²) >= 11 is 11.8. The van der Waals surface area contributed by atoms with Crippen LogP contribution in [0.1, 0.15) is 29.7 Å². The molecule has 1 aromatic carbocycles. The molecule has 1 aromatic heterocycles. The van der Waals surface area contributed by atoms with Crippen molar-refractivity contribution in [3.63, 3.8) is 0 Å². The van der Waals surface area contributed by atoms with Crippen LogP contribution in [-0.2, 0) is 11.3 Å². The molecule has 2 aromatic rings. The Bertz CT molecular complexity index is 818. The van der Waals surface area contributed by atoms with Gasteiger partial charge in [-0.2, -0.15) is 0 Å². The highest BCUT2D eigenvalue weighted by Crippen LogP contribution is 2.27. The van der Waals surface area contributed by atoms with E-state index in [1.807, 2.05) is 19.9 Å². The number of pyridine rings is 1. The van der Waals surface area contributed by atoms with Gasteiger partial charge in [0.25, 0.3) is 5.56 Å². The highest BCUT2D eigenvalue weighted by atomic mass is 35.5. The molecule has 0 bridgehead atoms. The van der Waals surface area contributed by atoms with Gasteiger partial charge in [0.2, 0.25) is 5.91 Å². The van der Waals surface area contributed by atoms with Crippen LogP contribution in [-0.4, -0.2) is 17.5 Å². The lowest BCUT2D eigenvalue weighted by Crippen LogP contribution is -2.28. The zero-order valence-electron chi connectivity index (χ0n) is 14.1. The molecule has 7 heteroatoms. The summed E-state index contributed by atoms with van der Waals surface area (Å²) < 4.78 is 5.53. The molecular weight excluding hydrogens is 363 g/mol. The molecule has 0 atom stereocenters. The Labute approximate surface area is 156 Å². The number of nitrogens with one attached hydrogen (secondary N) is 2. The Hall–Kier alpha value is -1.98. The average Bonchev–Trinajstić information content (AvgIpc) is 2.52. The number of rotatable bonds is 7. The van der Waals surface area contributed by atoms with E-state index in [1.54, 1.807) is 18.2 Å². The molecule has 0 saturated carbocycles. The van der Waals surface area contributed by atoms with Crippen LogP contribution in [0.15, 0.2) is 29.1 Å². The fourth-order valence-electron chi connectivity index (χ4n) is 2.38. The highest BCUT2D eigenvalue weighted by Gasteiger charge is 2.08. The summed E-state index contributed by atoms with van der Waals surface area (Å²) in [6.07, 6.45) is 0.835. The van der Waals surface area contributed by atoms with Crippen molar-refractivity contribution >= 4 is 29.1 Å². The predicted molar refractivity (Wildman–Crippen MR) is 99.6 cm³/mol. The maximum Gasteiger partial charge on any atom is 0.253 e. The van der Waals surface area contributed by atoms with E-state index in [9.17, 15) is 9.59 Å². The maximum atomic E-state index is 11.9. The summed E-state index contributed by atoms with van der Waals surface area (Å²) in [5, 5.41) is 3.74. The molecule has 1 heterocycles. The number of aromatic nitrogens is 1. The van der Waals surface area contributed by atoms with Crippen LogP contribution in [0.4, 0.5) is 0 Å². The summed E-state index contributed by atoms with van der Waals surface area (Å²) in [7, 11) is 0. The van der Waals surface area contributed by atoms with E-state index < -0.39 is 0 Å². The first-order chi connectivity index (χ1) is 11.9. The number of aryl methyl sites for hydroxylation is 2. The van der Waals surface area contributed by atoms with Gasteiger partial charge in [0.1, 0.15) is 5.75 Å². The SMILES string of the molecule is Cc1cc(C)c(CNC(=O)CCCOc2ccc(Cl)cc2Cl)c(=O)[nH]1. The van der Waals surface area contributed by atoms with Crippen molar-refractivity contribution < 1.29 is 9.53 Å². The molecule has 0 spiro atoms. The topological polar surface area (TPSA) is 71.2 Å². The fourth-order valence-corrected chi connectivity index (χ4v) is 2.85. The molecule has 2 N–H and O–H groups in total. The Morgan fingerprint density at radius 2 is 2.00 bits per heavy atom. The number of hydrogen-bond donors (Lipinski definition) is 2. The molecular formula is C18H20Cl2N2O3. The van der Waals surface area contributed by atoms with E-state index in [2.05, 4.69) is 10.3 Å². The third-order valence-electron chi connectivity index (χ3n) is 3.66. The smallest absolute Gasteiger partial charge is 0.253 e. The molecule has 2 rings (SSSR count). The monoisotopic (exact) mass is 382 g/mol. The number of benzene rings is 1. The van der Waals surface area contributed by atoms with E-state index in [4.69, 9.17) is 27.9 Å². The predicted octanol–water partition coefficient (Wildman–Crippen LogP) is 3.77. The van der Waals surface area contributed by atoms with Gasteiger partial charge in [0.15, 0.2) is 0 Å². The number of carbonyl (C=O) groups is 1. The van der Waals surface area contributed by atoms with Crippen LogP contribution >= 0.6 is 23.2 Å². The normalized spacial score (nSPS) is 10.6.